The zero-order valence-corrected chi connectivity index (χ0v) is 22.6. The Labute approximate surface area is 225 Å². The van der Waals surface area contributed by atoms with E-state index in [1.165, 1.54) is 17.4 Å². The number of aryl methyl sites for hydroxylation is 1. The minimum absolute atomic E-state index is 0.181. The van der Waals surface area contributed by atoms with Crippen molar-refractivity contribution in [2.45, 2.75) is 13.3 Å². The van der Waals surface area contributed by atoms with E-state index in [2.05, 4.69) is 21.9 Å². The van der Waals surface area contributed by atoms with Crippen LogP contribution in [-0.4, -0.2) is 71.0 Å². The molecule has 1 amide bonds. The Morgan fingerprint density at radius 1 is 1.05 bits per heavy atom. The zero-order chi connectivity index (χ0) is 25.9. The summed E-state index contributed by atoms with van der Waals surface area (Å²) in [6.07, 6.45) is 4.09. The van der Waals surface area contributed by atoms with Gasteiger partial charge in [0.2, 0.25) is 0 Å². The van der Waals surface area contributed by atoms with E-state index >= 15 is 0 Å². The van der Waals surface area contributed by atoms with E-state index in [4.69, 9.17) is 21.9 Å². The van der Waals surface area contributed by atoms with Gasteiger partial charge in [0.25, 0.3) is 11.5 Å². The van der Waals surface area contributed by atoms with Gasteiger partial charge in [-0.15, -0.1) is 0 Å². The minimum atomic E-state index is -0.196. The van der Waals surface area contributed by atoms with Crippen molar-refractivity contribution in [1.82, 2.24) is 14.3 Å². The van der Waals surface area contributed by atoms with Crippen LogP contribution >= 0.6 is 24.0 Å². The first-order valence-corrected chi connectivity index (χ1v) is 13.5. The Kier molecular flexibility index (Phi) is 7.59. The fourth-order valence-electron chi connectivity index (χ4n) is 4.67. The quantitative estimate of drug-likeness (QED) is 0.258. The number of nitrogens with zero attached hydrogens (tertiary/aromatic N) is 5. The average molecular weight is 536 g/mol. The van der Waals surface area contributed by atoms with E-state index in [0.29, 0.717) is 58.9 Å². The molecule has 2 aliphatic rings. The summed E-state index contributed by atoms with van der Waals surface area (Å²) in [5.74, 6) is 0.427. The number of carbonyl (C=O) groups is 1. The molecule has 0 saturated carbocycles. The smallest absolute Gasteiger partial charge is 0.267 e. The molecular formula is C27H29N5O3S2. The van der Waals surface area contributed by atoms with Crippen LogP contribution < -0.4 is 15.4 Å². The summed E-state index contributed by atoms with van der Waals surface area (Å²) in [6, 6.07) is 14.1. The molecule has 0 atom stereocenters. The second-order valence-electron chi connectivity index (χ2n) is 9.03. The summed E-state index contributed by atoms with van der Waals surface area (Å²) in [6.45, 7) is 6.01. The summed E-state index contributed by atoms with van der Waals surface area (Å²) in [5.41, 5.74) is 2.94. The molecule has 0 N–H and O–H groups in total. The number of fused-ring (bicyclic) bond motifs is 1. The number of anilines is 2. The topological polar surface area (TPSA) is 70.4 Å². The molecule has 2 fully saturated rings. The van der Waals surface area contributed by atoms with Crippen LogP contribution in [0.3, 0.4) is 0 Å². The highest BCUT2D eigenvalue weighted by atomic mass is 32.2. The number of benzene rings is 1. The molecule has 5 rings (SSSR count). The van der Waals surface area contributed by atoms with Crippen LogP contribution in [0, 0.1) is 6.92 Å². The lowest BCUT2D eigenvalue weighted by Gasteiger charge is -2.37. The van der Waals surface area contributed by atoms with Crippen LogP contribution in [-0.2, 0) is 9.53 Å². The number of pyridine rings is 1. The fourth-order valence-corrected chi connectivity index (χ4v) is 5.96. The first kappa shape index (κ1) is 25.4. The third-order valence-corrected chi connectivity index (χ3v) is 8.02. The largest absolute Gasteiger partial charge is 0.385 e. The molecule has 0 unspecified atom stereocenters. The van der Waals surface area contributed by atoms with Gasteiger partial charge in [0.05, 0.1) is 10.5 Å². The molecule has 0 aliphatic carbocycles. The van der Waals surface area contributed by atoms with Crippen LogP contribution in [0.2, 0.25) is 0 Å². The number of para-hydroxylation sites is 1. The van der Waals surface area contributed by atoms with Crippen molar-refractivity contribution >= 4 is 57.4 Å². The standard InChI is InChI=1S/C27H29N5O3S2/c1-19-8-6-11-31-23(19)28-24(30-15-13-29(14-16-30)20-9-4-3-5-10-20)21(25(31)33)18-22-26(34)32(27(36)37-22)12-7-17-35-2/h3-6,8-11,18H,7,12-17H2,1-2H3. The second-order valence-corrected chi connectivity index (χ2v) is 10.7. The van der Waals surface area contributed by atoms with Gasteiger partial charge in [-0.3, -0.25) is 18.9 Å². The molecule has 8 nitrogen and oxygen atoms in total. The monoisotopic (exact) mass is 535 g/mol. The van der Waals surface area contributed by atoms with Crippen LogP contribution in [0.25, 0.3) is 11.7 Å². The highest BCUT2D eigenvalue weighted by Gasteiger charge is 2.33. The second kappa shape index (κ2) is 11.0. The Hall–Kier alpha value is -3.21. The third-order valence-electron chi connectivity index (χ3n) is 6.64. The van der Waals surface area contributed by atoms with Crippen LogP contribution in [0.15, 0.2) is 58.4 Å². The molecule has 3 aromatic rings. The summed E-state index contributed by atoms with van der Waals surface area (Å²) in [7, 11) is 1.63. The van der Waals surface area contributed by atoms with Crippen LogP contribution in [0.5, 0.6) is 0 Å². The van der Waals surface area contributed by atoms with Crippen molar-refractivity contribution in [3.05, 3.63) is 75.0 Å². The maximum absolute atomic E-state index is 13.8. The summed E-state index contributed by atoms with van der Waals surface area (Å²) < 4.78 is 7.17. The predicted molar refractivity (Wildman–Crippen MR) is 153 cm³/mol. The average Bonchev–Trinajstić information content (AvgIpc) is 3.18. The molecular weight excluding hydrogens is 506 g/mol. The Bertz CT molecular complexity index is 1410. The number of ether oxygens (including phenoxy) is 1. The van der Waals surface area contributed by atoms with Gasteiger partial charge in [-0.2, -0.15) is 0 Å². The molecule has 0 radical (unpaired) electrons. The Morgan fingerprint density at radius 3 is 2.51 bits per heavy atom. The summed E-state index contributed by atoms with van der Waals surface area (Å²) in [4.78, 5) is 38.4. The van der Waals surface area contributed by atoms with E-state index in [0.717, 1.165) is 18.7 Å². The van der Waals surface area contributed by atoms with Crippen molar-refractivity contribution in [2.75, 3.05) is 56.2 Å². The lowest BCUT2D eigenvalue weighted by atomic mass is 10.2. The maximum atomic E-state index is 13.8. The third kappa shape index (κ3) is 5.14. The highest BCUT2D eigenvalue weighted by molar-refractivity contribution is 8.26. The molecule has 0 spiro atoms. The van der Waals surface area contributed by atoms with E-state index < -0.39 is 0 Å². The van der Waals surface area contributed by atoms with E-state index in [9.17, 15) is 9.59 Å². The molecule has 1 aromatic carbocycles. The van der Waals surface area contributed by atoms with Gasteiger partial charge < -0.3 is 14.5 Å². The van der Waals surface area contributed by atoms with Gasteiger partial charge in [0, 0.05) is 58.3 Å². The molecule has 4 heterocycles. The Morgan fingerprint density at radius 2 is 1.78 bits per heavy atom. The van der Waals surface area contributed by atoms with E-state index in [1.54, 1.807) is 28.7 Å². The lowest BCUT2D eigenvalue weighted by Crippen LogP contribution is -2.47. The molecule has 0 bridgehead atoms. The summed E-state index contributed by atoms with van der Waals surface area (Å²) >= 11 is 6.71. The predicted octanol–water partition coefficient (Wildman–Crippen LogP) is 3.57. The van der Waals surface area contributed by atoms with Crippen molar-refractivity contribution in [1.29, 1.82) is 0 Å². The first-order valence-electron chi connectivity index (χ1n) is 12.3. The van der Waals surface area contributed by atoms with Crippen LogP contribution in [0.1, 0.15) is 17.5 Å². The number of amides is 1. The van der Waals surface area contributed by atoms with Gasteiger partial charge in [0.15, 0.2) is 0 Å². The number of methoxy groups -OCH3 is 1. The zero-order valence-electron chi connectivity index (χ0n) is 20.9. The molecule has 2 saturated heterocycles. The van der Waals surface area contributed by atoms with Gasteiger partial charge in [-0.25, -0.2) is 4.98 Å². The van der Waals surface area contributed by atoms with Gasteiger partial charge in [-0.1, -0.05) is 48.2 Å². The number of piperazine rings is 1. The van der Waals surface area contributed by atoms with E-state index in [1.807, 2.05) is 37.3 Å². The normalized spacial score (nSPS) is 17.5. The first-order chi connectivity index (χ1) is 18.0. The SMILES string of the molecule is COCCCN1C(=O)C(=Cc2c(N3CCN(c4ccccc4)CC3)nc3c(C)cccn3c2=O)SC1=S. The molecule has 2 aromatic heterocycles. The number of hydrogen-bond donors (Lipinski definition) is 0. The van der Waals surface area contributed by atoms with Gasteiger partial charge in [0.1, 0.15) is 15.8 Å². The Balaban J connectivity index is 1.51. The van der Waals surface area contributed by atoms with Crippen molar-refractivity contribution < 1.29 is 9.53 Å². The molecule has 192 valence electrons. The maximum Gasteiger partial charge on any atom is 0.267 e. The molecule has 37 heavy (non-hydrogen) atoms. The van der Waals surface area contributed by atoms with Crippen molar-refractivity contribution in [2.24, 2.45) is 0 Å². The molecule has 10 heteroatoms. The number of thiocarbonyl (C=S) groups is 1. The number of hydrogen-bond acceptors (Lipinski definition) is 8. The number of carbonyl (C=O) groups excluding carboxylic acids is 1. The lowest BCUT2D eigenvalue weighted by molar-refractivity contribution is -0.122. The molecule has 2 aliphatic heterocycles. The summed E-state index contributed by atoms with van der Waals surface area (Å²) in [5, 5.41) is 0. The number of aromatic nitrogens is 2. The van der Waals surface area contributed by atoms with Gasteiger partial charge >= 0.3 is 0 Å². The number of rotatable bonds is 7. The van der Waals surface area contributed by atoms with Crippen molar-refractivity contribution in [3.8, 4) is 0 Å². The highest BCUT2D eigenvalue weighted by Crippen LogP contribution is 2.34. The number of thioether (sulfide) groups is 1. The van der Waals surface area contributed by atoms with Crippen LogP contribution in [0.4, 0.5) is 11.5 Å². The van der Waals surface area contributed by atoms with Crippen molar-refractivity contribution in [3.63, 3.8) is 0 Å². The van der Waals surface area contributed by atoms with E-state index in [-0.39, 0.29) is 11.5 Å². The fraction of sp³-hybridized carbons (Fsp3) is 0.333. The van der Waals surface area contributed by atoms with Gasteiger partial charge in [-0.05, 0) is 43.2 Å². The minimum Gasteiger partial charge on any atom is -0.385 e.